The van der Waals surface area contributed by atoms with Crippen molar-refractivity contribution in [3.05, 3.63) is 22.4 Å². The Morgan fingerprint density at radius 3 is 2.86 bits per heavy atom. The van der Waals surface area contributed by atoms with Gasteiger partial charge in [-0.2, -0.15) is 11.8 Å². The Labute approximate surface area is 142 Å². The molecule has 0 saturated carbocycles. The van der Waals surface area contributed by atoms with Crippen molar-refractivity contribution in [2.75, 3.05) is 39.1 Å². The summed E-state index contributed by atoms with van der Waals surface area (Å²) in [6, 6.07) is 4.28. The van der Waals surface area contributed by atoms with Gasteiger partial charge in [-0.25, -0.2) is 0 Å². The molecule has 4 nitrogen and oxygen atoms in total. The van der Waals surface area contributed by atoms with Crippen LogP contribution in [0, 0.1) is 0 Å². The molecule has 1 fully saturated rings. The van der Waals surface area contributed by atoms with Gasteiger partial charge in [0.15, 0.2) is 5.96 Å². The van der Waals surface area contributed by atoms with Gasteiger partial charge >= 0.3 is 0 Å². The van der Waals surface area contributed by atoms with Crippen molar-refractivity contribution in [2.45, 2.75) is 30.9 Å². The second kappa shape index (κ2) is 9.43. The third-order valence-electron chi connectivity index (χ3n) is 3.90. The lowest BCUT2D eigenvalue weighted by Crippen LogP contribution is -2.48. The molecule has 1 aliphatic heterocycles. The number of thioether (sulfide) groups is 1. The number of thiophene rings is 1. The Hall–Kier alpha value is -0.720. The summed E-state index contributed by atoms with van der Waals surface area (Å²) >= 11 is 3.86. The Morgan fingerprint density at radius 1 is 1.41 bits per heavy atom. The van der Waals surface area contributed by atoms with Gasteiger partial charge in [0.05, 0.1) is 0 Å². The van der Waals surface area contributed by atoms with Crippen LogP contribution in [0.4, 0.5) is 0 Å². The Kier molecular flexibility index (Phi) is 7.55. The van der Waals surface area contributed by atoms with E-state index < -0.39 is 0 Å². The molecule has 124 valence electrons. The maximum Gasteiger partial charge on any atom is 0.191 e. The first-order valence-corrected chi connectivity index (χ1v) is 9.83. The van der Waals surface area contributed by atoms with Crippen LogP contribution in [0.1, 0.15) is 24.6 Å². The molecule has 22 heavy (non-hydrogen) atoms. The van der Waals surface area contributed by atoms with Gasteiger partial charge < -0.3 is 15.4 Å². The molecule has 0 radical (unpaired) electrons. The van der Waals surface area contributed by atoms with Gasteiger partial charge in [0.25, 0.3) is 0 Å². The normalized spacial score (nSPS) is 18.2. The van der Waals surface area contributed by atoms with E-state index in [1.54, 1.807) is 11.3 Å². The molecule has 0 unspecified atom stereocenters. The average Bonchev–Trinajstić information content (AvgIpc) is 3.05. The zero-order valence-corrected chi connectivity index (χ0v) is 15.2. The number of hydrogen-bond acceptors (Lipinski definition) is 4. The van der Waals surface area contributed by atoms with Crippen molar-refractivity contribution in [3.8, 4) is 0 Å². The van der Waals surface area contributed by atoms with Crippen molar-refractivity contribution in [3.63, 3.8) is 0 Å². The number of hydrogen-bond donors (Lipinski definition) is 2. The molecule has 2 heterocycles. The van der Waals surface area contributed by atoms with E-state index in [1.807, 2.05) is 7.05 Å². The summed E-state index contributed by atoms with van der Waals surface area (Å²) in [6.45, 7) is 5.85. The van der Waals surface area contributed by atoms with Gasteiger partial charge in [0.2, 0.25) is 0 Å². The Bertz CT molecular complexity index is 437. The van der Waals surface area contributed by atoms with Gasteiger partial charge in [-0.1, -0.05) is 13.0 Å². The quantitative estimate of drug-likeness (QED) is 0.591. The highest BCUT2D eigenvalue weighted by atomic mass is 32.2. The first kappa shape index (κ1) is 17.6. The summed E-state index contributed by atoms with van der Waals surface area (Å²) in [6.07, 6.45) is 3.27. The molecule has 0 spiro atoms. The van der Waals surface area contributed by atoms with Crippen LogP contribution in [-0.2, 0) is 11.2 Å². The molecule has 0 aliphatic carbocycles. The van der Waals surface area contributed by atoms with Crippen LogP contribution in [-0.4, -0.2) is 49.8 Å². The maximum absolute atomic E-state index is 5.52. The van der Waals surface area contributed by atoms with Gasteiger partial charge in [0, 0.05) is 43.0 Å². The van der Waals surface area contributed by atoms with Crippen LogP contribution in [0.2, 0.25) is 0 Å². The zero-order valence-electron chi connectivity index (χ0n) is 13.6. The minimum Gasteiger partial charge on any atom is -0.381 e. The topological polar surface area (TPSA) is 45.7 Å². The molecular formula is C16H27N3OS2. The highest BCUT2D eigenvalue weighted by Crippen LogP contribution is 2.34. The first-order valence-electron chi connectivity index (χ1n) is 7.96. The third-order valence-corrected chi connectivity index (χ3v) is 6.29. The summed E-state index contributed by atoms with van der Waals surface area (Å²) in [5.41, 5.74) is 0. The van der Waals surface area contributed by atoms with Gasteiger partial charge in [0.1, 0.15) is 0 Å². The summed E-state index contributed by atoms with van der Waals surface area (Å²) in [5, 5.41) is 9.05. The predicted molar refractivity (Wildman–Crippen MR) is 98.3 cm³/mol. The molecule has 0 bridgehead atoms. The number of nitrogens with zero attached hydrogens (tertiary/aromatic N) is 1. The molecule has 0 atom stereocenters. The van der Waals surface area contributed by atoms with E-state index in [-0.39, 0.29) is 0 Å². The minimum atomic E-state index is 0.290. The lowest BCUT2D eigenvalue weighted by Gasteiger charge is -2.37. The third kappa shape index (κ3) is 5.48. The molecule has 1 aromatic rings. The highest BCUT2D eigenvalue weighted by Gasteiger charge is 2.32. The van der Waals surface area contributed by atoms with Gasteiger partial charge in [-0.15, -0.1) is 11.3 Å². The number of rotatable bonds is 7. The van der Waals surface area contributed by atoms with E-state index in [0.29, 0.717) is 4.75 Å². The summed E-state index contributed by atoms with van der Waals surface area (Å²) < 4.78 is 5.81. The highest BCUT2D eigenvalue weighted by molar-refractivity contribution is 8.00. The van der Waals surface area contributed by atoms with Crippen LogP contribution in [0.25, 0.3) is 0 Å². The molecule has 1 aromatic heterocycles. The molecule has 2 N–H and O–H groups in total. The van der Waals surface area contributed by atoms with Crippen molar-refractivity contribution in [2.24, 2.45) is 4.99 Å². The number of nitrogens with one attached hydrogen (secondary N) is 2. The van der Waals surface area contributed by atoms with E-state index in [9.17, 15) is 0 Å². The van der Waals surface area contributed by atoms with E-state index in [0.717, 1.165) is 57.3 Å². The lowest BCUT2D eigenvalue weighted by atomic mass is 9.99. The fourth-order valence-electron chi connectivity index (χ4n) is 2.65. The van der Waals surface area contributed by atoms with E-state index >= 15 is 0 Å². The monoisotopic (exact) mass is 341 g/mol. The fourth-order valence-corrected chi connectivity index (χ4v) is 4.60. The largest absolute Gasteiger partial charge is 0.381 e. The fraction of sp³-hybridized carbons (Fsp3) is 0.688. The van der Waals surface area contributed by atoms with Gasteiger partial charge in [-0.05, 0) is 36.5 Å². The second-order valence-corrected chi connectivity index (χ2v) is 8.17. The molecule has 2 rings (SSSR count). The number of ether oxygens (including phenoxy) is 1. The van der Waals surface area contributed by atoms with Crippen molar-refractivity contribution >= 4 is 29.1 Å². The van der Waals surface area contributed by atoms with Crippen LogP contribution < -0.4 is 10.6 Å². The molecular weight excluding hydrogens is 314 g/mol. The van der Waals surface area contributed by atoms with Crippen LogP contribution in [0.5, 0.6) is 0 Å². The zero-order chi connectivity index (χ0) is 15.7. The minimum absolute atomic E-state index is 0.290. The Morgan fingerprint density at radius 2 is 2.23 bits per heavy atom. The molecule has 1 aliphatic rings. The summed E-state index contributed by atoms with van der Waals surface area (Å²) in [7, 11) is 1.84. The second-order valence-electron chi connectivity index (χ2n) is 5.41. The standard InChI is InChI=1S/C16H27N3OS2/c1-3-22-16(7-10-20-11-8-16)13-19-15(17-2)18-9-6-14-5-4-12-21-14/h4-5,12H,3,6-11,13H2,1-2H3,(H2,17,18,19). The molecule has 1 saturated heterocycles. The average molecular weight is 342 g/mol. The SMILES string of the molecule is CCSC1(CNC(=NC)NCCc2cccs2)CCOCC1. The van der Waals surface area contributed by atoms with E-state index in [2.05, 4.69) is 51.8 Å². The summed E-state index contributed by atoms with van der Waals surface area (Å²) in [5.74, 6) is 2.05. The van der Waals surface area contributed by atoms with Crippen molar-refractivity contribution in [1.82, 2.24) is 10.6 Å². The van der Waals surface area contributed by atoms with Crippen molar-refractivity contribution < 1.29 is 4.74 Å². The predicted octanol–water partition coefficient (Wildman–Crippen LogP) is 2.76. The van der Waals surface area contributed by atoms with E-state index in [4.69, 9.17) is 4.74 Å². The molecule has 6 heteroatoms. The van der Waals surface area contributed by atoms with Crippen LogP contribution in [0.15, 0.2) is 22.5 Å². The molecule has 0 amide bonds. The van der Waals surface area contributed by atoms with E-state index in [1.165, 1.54) is 4.88 Å². The van der Waals surface area contributed by atoms with Crippen LogP contribution >= 0.6 is 23.1 Å². The smallest absolute Gasteiger partial charge is 0.191 e. The summed E-state index contributed by atoms with van der Waals surface area (Å²) in [4.78, 5) is 5.75. The van der Waals surface area contributed by atoms with Crippen LogP contribution in [0.3, 0.4) is 0 Å². The molecule has 0 aromatic carbocycles. The first-order chi connectivity index (χ1) is 10.8. The van der Waals surface area contributed by atoms with Crippen molar-refractivity contribution in [1.29, 1.82) is 0 Å². The maximum atomic E-state index is 5.52. The number of guanidine groups is 1. The Balaban J connectivity index is 1.76. The number of aliphatic imine (C=N–C) groups is 1. The lowest BCUT2D eigenvalue weighted by molar-refractivity contribution is 0.0782. The van der Waals surface area contributed by atoms with Gasteiger partial charge in [-0.3, -0.25) is 4.99 Å².